The predicted molar refractivity (Wildman–Crippen MR) is 144 cm³/mol. The zero-order chi connectivity index (χ0) is 24.2. The molecule has 3 nitrogen and oxygen atoms in total. The minimum Gasteiger partial charge on any atom is -0.481 e. The summed E-state index contributed by atoms with van der Waals surface area (Å²) < 4.78 is 0. The maximum Gasteiger partial charge on any atom is 0.303 e. The number of carboxylic acid groups (broad SMARTS) is 1. The van der Waals surface area contributed by atoms with Crippen molar-refractivity contribution in [2.45, 2.75) is 186 Å². The van der Waals surface area contributed by atoms with Crippen molar-refractivity contribution in [2.75, 3.05) is 0 Å². The molecule has 33 heavy (non-hydrogen) atoms. The number of aliphatic hydroxyl groups excluding tert-OH is 1. The van der Waals surface area contributed by atoms with Crippen molar-refractivity contribution in [2.24, 2.45) is 0 Å². The van der Waals surface area contributed by atoms with Crippen molar-refractivity contribution in [3.8, 4) is 0 Å². The summed E-state index contributed by atoms with van der Waals surface area (Å²) in [7, 11) is 0. The molecule has 0 saturated heterocycles. The summed E-state index contributed by atoms with van der Waals surface area (Å²) in [4.78, 5) is 10.4. The Balaban J connectivity index is 3.08. The number of carboxylic acids is 1. The summed E-state index contributed by atoms with van der Waals surface area (Å²) in [5, 5.41) is 18.6. The summed E-state index contributed by atoms with van der Waals surface area (Å²) in [6, 6.07) is 0. The van der Waals surface area contributed by atoms with Gasteiger partial charge in [0.25, 0.3) is 0 Å². The molecule has 1 unspecified atom stereocenters. The van der Waals surface area contributed by atoms with Crippen LogP contribution in [0.2, 0.25) is 0 Å². The van der Waals surface area contributed by atoms with E-state index < -0.39 is 5.97 Å². The Morgan fingerprint density at radius 1 is 0.485 bits per heavy atom. The van der Waals surface area contributed by atoms with E-state index in [2.05, 4.69) is 6.92 Å². The third-order valence-corrected chi connectivity index (χ3v) is 7.07. The fraction of sp³-hybridized carbons (Fsp3) is 0.967. The Bertz CT molecular complexity index is 383. The second kappa shape index (κ2) is 27.7. The van der Waals surface area contributed by atoms with Crippen molar-refractivity contribution in [3.05, 3.63) is 0 Å². The lowest BCUT2D eigenvalue weighted by molar-refractivity contribution is -0.137. The van der Waals surface area contributed by atoms with Crippen LogP contribution >= 0.6 is 0 Å². The molecule has 3 heteroatoms. The topological polar surface area (TPSA) is 57.5 Å². The molecular weight excluding hydrogens is 408 g/mol. The minimum atomic E-state index is -0.655. The zero-order valence-corrected chi connectivity index (χ0v) is 22.5. The maximum atomic E-state index is 10.4. The van der Waals surface area contributed by atoms with Crippen LogP contribution in [0.5, 0.6) is 0 Å². The van der Waals surface area contributed by atoms with Gasteiger partial charge >= 0.3 is 5.97 Å². The molecule has 2 N–H and O–H groups in total. The second-order valence-corrected chi connectivity index (χ2v) is 10.5. The van der Waals surface area contributed by atoms with E-state index in [-0.39, 0.29) is 6.10 Å². The summed E-state index contributed by atoms with van der Waals surface area (Å²) >= 11 is 0. The van der Waals surface area contributed by atoms with E-state index in [1.165, 1.54) is 141 Å². The first kappa shape index (κ1) is 32.4. The van der Waals surface area contributed by atoms with E-state index in [0.29, 0.717) is 6.42 Å². The van der Waals surface area contributed by atoms with Gasteiger partial charge in [0.15, 0.2) is 0 Å². The molecule has 0 spiro atoms. The molecule has 0 rings (SSSR count). The van der Waals surface area contributed by atoms with Gasteiger partial charge in [-0.25, -0.2) is 0 Å². The Hall–Kier alpha value is -0.570. The zero-order valence-electron chi connectivity index (χ0n) is 22.5. The Morgan fingerprint density at radius 3 is 1.06 bits per heavy atom. The third-order valence-electron chi connectivity index (χ3n) is 7.07. The molecule has 0 aromatic carbocycles. The molecule has 0 bridgehead atoms. The lowest BCUT2D eigenvalue weighted by Crippen LogP contribution is -2.05. The third kappa shape index (κ3) is 29.4. The molecule has 0 aromatic heterocycles. The van der Waals surface area contributed by atoms with Crippen molar-refractivity contribution < 1.29 is 15.0 Å². The largest absolute Gasteiger partial charge is 0.481 e. The monoisotopic (exact) mass is 468 g/mol. The first-order valence-electron chi connectivity index (χ1n) is 15.1. The molecule has 0 radical (unpaired) electrons. The first-order valence-corrected chi connectivity index (χ1v) is 15.1. The molecule has 0 heterocycles. The SMILES string of the molecule is CCCCCCC(O)CCCCCCCCCCCCCCCCCCCCCCC(=O)O. The summed E-state index contributed by atoms with van der Waals surface area (Å²) in [5.74, 6) is -0.655. The Labute approximate surface area is 207 Å². The fourth-order valence-corrected chi connectivity index (χ4v) is 4.79. The van der Waals surface area contributed by atoms with Crippen LogP contribution in [-0.2, 0) is 4.79 Å². The van der Waals surface area contributed by atoms with Gasteiger partial charge in [-0.2, -0.15) is 0 Å². The highest BCUT2D eigenvalue weighted by atomic mass is 16.4. The van der Waals surface area contributed by atoms with Gasteiger partial charge in [0.1, 0.15) is 0 Å². The first-order chi connectivity index (χ1) is 16.2. The van der Waals surface area contributed by atoms with Crippen molar-refractivity contribution >= 4 is 5.97 Å². The van der Waals surface area contributed by atoms with Gasteiger partial charge in [0, 0.05) is 6.42 Å². The molecule has 0 fully saturated rings. The van der Waals surface area contributed by atoms with Gasteiger partial charge in [0.05, 0.1) is 6.10 Å². The molecule has 0 aromatic rings. The smallest absolute Gasteiger partial charge is 0.303 e. The average molecular weight is 469 g/mol. The summed E-state index contributed by atoms with van der Waals surface area (Å²) in [6.45, 7) is 2.24. The van der Waals surface area contributed by atoms with Gasteiger partial charge in [-0.1, -0.05) is 155 Å². The number of hydrogen-bond acceptors (Lipinski definition) is 2. The van der Waals surface area contributed by atoms with Crippen LogP contribution in [0.4, 0.5) is 0 Å². The average Bonchev–Trinajstić information content (AvgIpc) is 2.80. The van der Waals surface area contributed by atoms with Crippen molar-refractivity contribution in [1.82, 2.24) is 0 Å². The van der Waals surface area contributed by atoms with Gasteiger partial charge in [-0.05, 0) is 19.3 Å². The predicted octanol–water partition coefficient (Wildman–Crippen LogP) is 9.98. The van der Waals surface area contributed by atoms with E-state index in [9.17, 15) is 9.90 Å². The van der Waals surface area contributed by atoms with Gasteiger partial charge in [0.2, 0.25) is 0 Å². The number of aliphatic carboxylic acids is 1. The molecule has 0 aliphatic rings. The van der Waals surface area contributed by atoms with Crippen LogP contribution in [0.15, 0.2) is 0 Å². The summed E-state index contributed by atoms with van der Waals surface area (Å²) in [6.07, 6.45) is 33.9. The van der Waals surface area contributed by atoms with Crippen LogP contribution in [0.1, 0.15) is 180 Å². The highest BCUT2D eigenvalue weighted by Crippen LogP contribution is 2.16. The van der Waals surface area contributed by atoms with Crippen LogP contribution in [0.25, 0.3) is 0 Å². The quantitative estimate of drug-likeness (QED) is 0.112. The molecular formula is C30H60O3. The van der Waals surface area contributed by atoms with Crippen LogP contribution < -0.4 is 0 Å². The highest BCUT2D eigenvalue weighted by molar-refractivity contribution is 5.66. The van der Waals surface area contributed by atoms with Crippen molar-refractivity contribution in [1.29, 1.82) is 0 Å². The van der Waals surface area contributed by atoms with Gasteiger partial charge in [-0.15, -0.1) is 0 Å². The lowest BCUT2D eigenvalue weighted by Gasteiger charge is -2.10. The van der Waals surface area contributed by atoms with Crippen LogP contribution in [0, 0.1) is 0 Å². The van der Waals surface area contributed by atoms with E-state index in [0.717, 1.165) is 25.7 Å². The number of hydrogen-bond donors (Lipinski definition) is 2. The van der Waals surface area contributed by atoms with Gasteiger partial charge in [-0.3, -0.25) is 4.79 Å². The second-order valence-electron chi connectivity index (χ2n) is 10.5. The van der Waals surface area contributed by atoms with Crippen LogP contribution in [0.3, 0.4) is 0 Å². The molecule has 1 atom stereocenters. The molecule has 0 aliphatic heterocycles. The molecule has 0 aliphatic carbocycles. The van der Waals surface area contributed by atoms with E-state index in [1.54, 1.807) is 0 Å². The standard InChI is InChI=1S/C30H60O3/c1-2-3-4-23-26-29(31)27-24-21-19-17-15-13-11-9-7-5-6-8-10-12-14-16-18-20-22-25-28-30(32)33/h29,31H,2-28H2,1H3,(H,32,33). The summed E-state index contributed by atoms with van der Waals surface area (Å²) in [5.41, 5.74) is 0. The van der Waals surface area contributed by atoms with E-state index in [4.69, 9.17) is 5.11 Å². The van der Waals surface area contributed by atoms with Crippen LogP contribution in [-0.4, -0.2) is 22.3 Å². The fourth-order valence-electron chi connectivity index (χ4n) is 4.79. The molecule has 198 valence electrons. The molecule has 0 amide bonds. The Morgan fingerprint density at radius 2 is 0.758 bits per heavy atom. The van der Waals surface area contributed by atoms with Crippen molar-refractivity contribution in [3.63, 3.8) is 0 Å². The molecule has 0 saturated carbocycles. The number of rotatable bonds is 28. The van der Waals surface area contributed by atoms with E-state index >= 15 is 0 Å². The minimum absolute atomic E-state index is 0.0463. The number of aliphatic hydroxyl groups is 1. The maximum absolute atomic E-state index is 10.4. The Kier molecular flexibility index (Phi) is 27.2. The lowest BCUT2D eigenvalue weighted by atomic mass is 10.0. The normalized spacial score (nSPS) is 12.3. The number of carbonyl (C=O) groups is 1. The van der Waals surface area contributed by atoms with E-state index in [1.807, 2.05) is 0 Å². The number of unbranched alkanes of at least 4 members (excludes halogenated alkanes) is 22. The highest BCUT2D eigenvalue weighted by Gasteiger charge is 2.03. The van der Waals surface area contributed by atoms with Gasteiger partial charge < -0.3 is 10.2 Å².